The Morgan fingerprint density at radius 3 is 2.09 bits per heavy atom. The van der Waals surface area contributed by atoms with Crippen molar-refractivity contribution in [3.8, 4) is 0 Å². The van der Waals surface area contributed by atoms with Gasteiger partial charge in [-0.15, -0.1) is 0 Å². The van der Waals surface area contributed by atoms with Gasteiger partial charge in [-0.3, -0.25) is 4.79 Å². The van der Waals surface area contributed by atoms with Crippen molar-refractivity contribution in [1.82, 2.24) is 9.80 Å². The summed E-state index contributed by atoms with van der Waals surface area (Å²) in [4.78, 5) is 29.7. The molecule has 190 valence electrons. The maximum Gasteiger partial charge on any atom is 0.410 e. The van der Waals surface area contributed by atoms with Gasteiger partial charge in [0.2, 0.25) is 5.91 Å². The fourth-order valence-electron chi connectivity index (χ4n) is 5.26. The van der Waals surface area contributed by atoms with Gasteiger partial charge in [-0.1, -0.05) is 44.5 Å². The van der Waals surface area contributed by atoms with Crippen LogP contribution in [0, 0.1) is 11.3 Å². The van der Waals surface area contributed by atoms with E-state index in [1.165, 1.54) is 0 Å². The predicted octanol–water partition coefficient (Wildman–Crippen LogP) is 5.47. The van der Waals surface area contributed by atoms with E-state index >= 15 is 0 Å². The summed E-state index contributed by atoms with van der Waals surface area (Å²) in [5.74, 6) is -0.261. The number of aliphatic hydroxyl groups is 1. The number of carbonyl (C=O) groups is 2. The molecule has 34 heavy (non-hydrogen) atoms. The van der Waals surface area contributed by atoms with Crippen LogP contribution in [0.5, 0.6) is 0 Å². The average molecular weight is 493 g/mol. The van der Waals surface area contributed by atoms with Crippen LogP contribution in [0.4, 0.5) is 4.79 Å². The van der Waals surface area contributed by atoms with Crippen molar-refractivity contribution in [3.05, 3.63) is 34.9 Å². The molecule has 1 saturated heterocycles. The molecule has 1 aliphatic carbocycles. The number of halogens is 1. The van der Waals surface area contributed by atoms with Crippen LogP contribution in [-0.2, 0) is 9.53 Å². The molecule has 1 N–H and O–H groups in total. The molecule has 1 heterocycles. The highest BCUT2D eigenvalue weighted by atomic mass is 35.5. The molecule has 0 radical (unpaired) electrons. The average Bonchev–Trinajstić information content (AvgIpc) is 2.72. The third-order valence-corrected chi connectivity index (χ3v) is 7.52. The monoisotopic (exact) mass is 492 g/mol. The highest BCUT2D eigenvalue weighted by Crippen LogP contribution is 2.47. The Bertz CT molecular complexity index is 873. The Kier molecular flexibility index (Phi) is 7.93. The van der Waals surface area contributed by atoms with Crippen molar-refractivity contribution >= 4 is 23.6 Å². The maximum atomic E-state index is 13.9. The van der Waals surface area contributed by atoms with Crippen LogP contribution in [0.2, 0.25) is 5.02 Å². The van der Waals surface area contributed by atoms with Crippen molar-refractivity contribution in [2.45, 2.75) is 84.3 Å². The van der Waals surface area contributed by atoms with E-state index in [1.54, 1.807) is 21.9 Å². The number of rotatable bonds is 3. The largest absolute Gasteiger partial charge is 0.444 e. The molecule has 1 unspecified atom stereocenters. The topological polar surface area (TPSA) is 70.1 Å². The van der Waals surface area contributed by atoms with Gasteiger partial charge in [0.15, 0.2) is 0 Å². The number of amides is 2. The number of carbonyl (C=O) groups excluding carboxylic acids is 2. The quantitative estimate of drug-likeness (QED) is 0.607. The second-order valence-electron chi connectivity index (χ2n) is 12.0. The fraction of sp³-hybridized carbons (Fsp3) is 0.704. The molecule has 0 bridgehead atoms. The van der Waals surface area contributed by atoms with E-state index in [9.17, 15) is 14.7 Å². The molecule has 6 nitrogen and oxygen atoms in total. The van der Waals surface area contributed by atoms with Gasteiger partial charge in [0.05, 0.1) is 11.5 Å². The lowest BCUT2D eigenvalue weighted by atomic mass is 9.64. The molecule has 1 aromatic carbocycles. The Balaban J connectivity index is 1.78. The smallest absolute Gasteiger partial charge is 0.410 e. The van der Waals surface area contributed by atoms with Crippen molar-refractivity contribution < 1.29 is 19.4 Å². The van der Waals surface area contributed by atoms with Crippen LogP contribution in [0.15, 0.2) is 24.3 Å². The Labute approximate surface area is 209 Å². The molecule has 0 aromatic heterocycles. The van der Waals surface area contributed by atoms with Crippen LogP contribution in [0.1, 0.15) is 78.7 Å². The third kappa shape index (κ3) is 6.45. The summed E-state index contributed by atoms with van der Waals surface area (Å²) in [6.45, 7) is 13.9. The van der Waals surface area contributed by atoms with Gasteiger partial charge < -0.3 is 19.6 Å². The highest BCUT2D eigenvalue weighted by Gasteiger charge is 2.48. The minimum Gasteiger partial charge on any atom is -0.444 e. The first kappa shape index (κ1) is 26.8. The van der Waals surface area contributed by atoms with Crippen LogP contribution in [0.3, 0.4) is 0 Å². The minimum absolute atomic E-state index is 0.0946. The molecule has 1 aliphatic heterocycles. The predicted molar refractivity (Wildman–Crippen MR) is 135 cm³/mol. The van der Waals surface area contributed by atoms with Gasteiger partial charge in [-0.05, 0) is 75.5 Å². The fourth-order valence-corrected chi connectivity index (χ4v) is 5.46. The number of benzene rings is 1. The van der Waals surface area contributed by atoms with Crippen molar-refractivity contribution in [2.75, 3.05) is 26.2 Å². The van der Waals surface area contributed by atoms with Crippen LogP contribution >= 0.6 is 11.6 Å². The van der Waals surface area contributed by atoms with Crippen LogP contribution < -0.4 is 0 Å². The number of ether oxygens (including phenoxy) is 1. The van der Waals surface area contributed by atoms with Crippen molar-refractivity contribution in [1.29, 1.82) is 0 Å². The summed E-state index contributed by atoms with van der Waals surface area (Å²) in [5.41, 5.74) is -0.749. The van der Waals surface area contributed by atoms with Gasteiger partial charge in [-0.2, -0.15) is 0 Å². The zero-order valence-corrected chi connectivity index (χ0v) is 22.3. The lowest BCUT2D eigenvalue weighted by molar-refractivity contribution is -0.144. The molecule has 2 fully saturated rings. The summed E-state index contributed by atoms with van der Waals surface area (Å²) in [6.07, 6.45) is 2.57. The Hall–Kier alpha value is -1.79. The van der Waals surface area contributed by atoms with Gasteiger partial charge in [-0.25, -0.2) is 4.79 Å². The zero-order valence-electron chi connectivity index (χ0n) is 21.6. The van der Waals surface area contributed by atoms with Gasteiger partial charge in [0.25, 0.3) is 0 Å². The first-order valence-corrected chi connectivity index (χ1v) is 12.8. The summed E-state index contributed by atoms with van der Waals surface area (Å²) in [7, 11) is 0. The SMILES string of the molecule is CC(C)(C)OC(=O)N1CCN(C(=O)C(c2cccc(Cl)c2)C2(O)CCC(C(C)(C)C)CC2)CC1. The third-order valence-electron chi connectivity index (χ3n) is 7.29. The normalized spacial score (nSPS) is 25.1. The lowest BCUT2D eigenvalue weighted by Crippen LogP contribution is -2.55. The molecular formula is C27H41ClN2O4. The van der Waals surface area contributed by atoms with E-state index in [1.807, 2.05) is 32.9 Å². The molecule has 1 atom stereocenters. The number of hydrogen-bond acceptors (Lipinski definition) is 4. The van der Waals surface area contributed by atoms with E-state index in [-0.39, 0.29) is 17.4 Å². The molecular weight excluding hydrogens is 452 g/mol. The van der Waals surface area contributed by atoms with E-state index < -0.39 is 17.1 Å². The Morgan fingerprint density at radius 1 is 1.03 bits per heavy atom. The molecule has 2 amide bonds. The van der Waals surface area contributed by atoms with Crippen molar-refractivity contribution in [3.63, 3.8) is 0 Å². The maximum absolute atomic E-state index is 13.9. The van der Waals surface area contributed by atoms with Crippen molar-refractivity contribution in [2.24, 2.45) is 11.3 Å². The van der Waals surface area contributed by atoms with Crippen LogP contribution in [0.25, 0.3) is 0 Å². The van der Waals surface area contributed by atoms with Gasteiger partial charge in [0.1, 0.15) is 5.60 Å². The van der Waals surface area contributed by atoms with E-state index in [2.05, 4.69) is 20.8 Å². The lowest BCUT2D eigenvalue weighted by Gasteiger charge is -2.46. The summed E-state index contributed by atoms with van der Waals surface area (Å²) in [6, 6.07) is 7.31. The number of piperazine rings is 1. The molecule has 7 heteroatoms. The summed E-state index contributed by atoms with van der Waals surface area (Å²) >= 11 is 6.29. The highest BCUT2D eigenvalue weighted by molar-refractivity contribution is 6.30. The summed E-state index contributed by atoms with van der Waals surface area (Å²) in [5, 5.41) is 12.4. The number of hydrogen-bond donors (Lipinski definition) is 1. The Morgan fingerprint density at radius 2 is 1.59 bits per heavy atom. The zero-order chi connectivity index (χ0) is 25.3. The first-order valence-electron chi connectivity index (χ1n) is 12.4. The van der Waals surface area contributed by atoms with E-state index in [0.717, 1.165) is 18.4 Å². The number of nitrogens with zero attached hydrogens (tertiary/aromatic N) is 2. The molecule has 1 saturated carbocycles. The molecule has 0 spiro atoms. The standard InChI is InChI=1S/C27H41ClN2O4/c1-25(2,3)20-10-12-27(33,13-11-20)22(19-8-7-9-21(28)18-19)23(31)29-14-16-30(17-15-29)24(32)34-26(4,5)6/h7-9,18,20,22,33H,10-17H2,1-6H3. The van der Waals surface area contributed by atoms with Crippen LogP contribution in [-0.4, -0.2) is 64.3 Å². The molecule has 2 aliphatic rings. The van der Waals surface area contributed by atoms with Gasteiger partial charge in [0, 0.05) is 31.2 Å². The minimum atomic E-state index is -1.12. The second-order valence-corrected chi connectivity index (χ2v) is 12.5. The molecule has 3 rings (SSSR count). The van der Waals surface area contributed by atoms with Gasteiger partial charge >= 0.3 is 6.09 Å². The van der Waals surface area contributed by atoms with E-state index in [4.69, 9.17) is 16.3 Å². The molecule has 1 aromatic rings. The van der Waals surface area contributed by atoms with E-state index in [0.29, 0.717) is 50.0 Å². The second kappa shape index (κ2) is 10.1. The summed E-state index contributed by atoms with van der Waals surface area (Å²) < 4.78 is 5.48. The first-order chi connectivity index (χ1) is 15.7.